The highest BCUT2D eigenvalue weighted by atomic mass is 16.6. The molecule has 0 saturated carbocycles. The number of hydrogen-bond donors (Lipinski definition) is 5. The van der Waals surface area contributed by atoms with Crippen molar-refractivity contribution >= 4 is 18.0 Å². The van der Waals surface area contributed by atoms with Gasteiger partial charge in [-0.2, -0.15) is 0 Å². The molecule has 0 aliphatic carbocycles. The van der Waals surface area contributed by atoms with Crippen molar-refractivity contribution in [2.24, 2.45) is 0 Å². The lowest BCUT2D eigenvalue weighted by Gasteiger charge is -2.17. The predicted octanol–water partition coefficient (Wildman–Crippen LogP) is -2.35. The molecule has 0 bridgehead atoms. The molecule has 1 aliphatic heterocycles. The molecule has 0 aromatic carbocycles. The summed E-state index contributed by atoms with van der Waals surface area (Å²) < 4.78 is 6.54. The number of aliphatic hydroxyl groups excluding tert-OH is 3. The van der Waals surface area contributed by atoms with Crippen molar-refractivity contribution in [3.63, 3.8) is 0 Å². The number of anilines is 2. The van der Waals surface area contributed by atoms with E-state index in [0.717, 1.165) is 0 Å². The van der Waals surface area contributed by atoms with Crippen molar-refractivity contribution < 1.29 is 24.9 Å². The van der Waals surface area contributed by atoms with Gasteiger partial charge in [-0.3, -0.25) is 9.36 Å². The van der Waals surface area contributed by atoms with Crippen molar-refractivity contribution in [2.75, 3.05) is 17.7 Å². The summed E-state index contributed by atoms with van der Waals surface area (Å²) in [7, 11) is 0. The minimum atomic E-state index is -1.25. The Kier molecular flexibility index (Phi) is 3.48. The maximum absolute atomic E-state index is 10.3. The third-order valence-electron chi connectivity index (χ3n) is 2.82. The van der Waals surface area contributed by atoms with Crippen LogP contribution >= 0.6 is 0 Å². The van der Waals surface area contributed by atoms with Crippen LogP contribution in [0.2, 0.25) is 0 Å². The predicted molar refractivity (Wildman–Crippen MR) is 59.3 cm³/mol. The van der Waals surface area contributed by atoms with Crippen LogP contribution in [-0.2, 0) is 9.53 Å². The van der Waals surface area contributed by atoms with Crippen molar-refractivity contribution in [1.82, 2.24) is 9.55 Å². The Balaban J connectivity index is 2.24. The van der Waals surface area contributed by atoms with E-state index in [0.29, 0.717) is 6.41 Å². The summed E-state index contributed by atoms with van der Waals surface area (Å²) in [4.78, 5) is 14.1. The SMILES string of the molecule is Nc1c(NC=O)ncn1[C@@H]1O[C@H](CO)[C@@H](O)[C@H]1O. The molecular weight excluding hydrogens is 244 g/mol. The summed E-state index contributed by atoms with van der Waals surface area (Å²) in [5.41, 5.74) is 5.71. The minimum absolute atomic E-state index is 0.0805. The minimum Gasteiger partial charge on any atom is -0.394 e. The second-order valence-corrected chi connectivity index (χ2v) is 3.88. The number of nitrogen functional groups attached to an aromatic ring is 1. The lowest BCUT2D eigenvalue weighted by atomic mass is 10.1. The van der Waals surface area contributed by atoms with Gasteiger partial charge in [0.05, 0.1) is 6.61 Å². The van der Waals surface area contributed by atoms with E-state index in [2.05, 4.69) is 10.3 Å². The first kappa shape index (κ1) is 12.8. The third-order valence-corrected chi connectivity index (χ3v) is 2.82. The molecule has 2 heterocycles. The van der Waals surface area contributed by atoms with Gasteiger partial charge < -0.3 is 31.1 Å². The van der Waals surface area contributed by atoms with E-state index in [1.807, 2.05) is 0 Å². The molecule has 1 amide bonds. The number of nitrogens with zero attached hydrogens (tertiary/aromatic N) is 2. The fourth-order valence-corrected chi connectivity index (χ4v) is 1.85. The largest absolute Gasteiger partial charge is 0.394 e. The third kappa shape index (κ3) is 1.93. The van der Waals surface area contributed by atoms with Crippen molar-refractivity contribution in [1.29, 1.82) is 0 Å². The van der Waals surface area contributed by atoms with Gasteiger partial charge in [0.15, 0.2) is 17.9 Å². The number of aliphatic hydroxyl groups is 3. The number of aromatic nitrogens is 2. The molecule has 100 valence electrons. The molecule has 1 aliphatic rings. The van der Waals surface area contributed by atoms with Gasteiger partial charge in [0.2, 0.25) is 6.41 Å². The summed E-state index contributed by atoms with van der Waals surface area (Å²) in [6, 6.07) is 0. The van der Waals surface area contributed by atoms with E-state index >= 15 is 0 Å². The number of amides is 1. The lowest BCUT2D eigenvalue weighted by Crippen LogP contribution is -2.33. The average molecular weight is 258 g/mol. The Morgan fingerprint density at radius 3 is 2.83 bits per heavy atom. The molecule has 2 rings (SSSR count). The van der Waals surface area contributed by atoms with E-state index < -0.39 is 31.1 Å². The van der Waals surface area contributed by atoms with Gasteiger partial charge in [-0.1, -0.05) is 0 Å². The number of hydrogen-bond acceptors (Lipinski definition) is 7. The Labute approximate surface area is 102 Å². The fourth-order valence-electron chi connectivity index (χ4n) is 1.85. The number of nitrogens with two attached hydrogens (primary N) is 1. The molecule has 18 heavy (non-hydrogen) atoms. The molecule has 9 heteroatoms. The van der Waals surface area contributed by atoms with E-state index in [4.69, 9.17) is 15.6 Å². The van der Waals surface area contributed by atoms with Crippen LogP contribution in [-0.4, -0.2) is 56.2 Å². The average Bonchev–Trinajstić information content (AvgIpc) is 2.84. The van der Waals surface area contributed by atoms with Gasteiger partial charge in [-0.15, -0.1) is 0 Å². The van der Waals surface area contributed by atoms with Crippen LogP contribution in [0.3, 0.4) is 0 Å². The number of ether oxygens (including phenoxy) is 1. The highest BCUT2D eigenvalue weighted by Crippen LogP contribution is 2.32. The van der Waals surface area contributed by atoms with E-state index in [1.165, 1.54) is 10.9 Å². The highest BCUT2D eigenvalue weighted by Gasteiger charge is 2.44. The fraction of sp³-hybridized carbons (Fsp3) is 0.556. The van der Waals surface area contributed by atoms with Crippen LogP contribution in [0.15, 0.2) is 6.33 Å². The second kappa shape index (κ2) is 4.90. The van der Waals surface area contributed by atoms with Crippen molar-refractivity contribution in [2.45, 2.75) is 24.5 Å². The first-order chi connectivity index (χ1) is 8.60. The van der Waals surface area contributed by atoms with Crippen molar-refractivity contribution in [3.05, 3.63) is 6.33 Å². The first-order valence-electron chi connectivity index (χ1n) is 5.25. The Morgan fingerprint density at radius 2 is 2.28 bits per heavy atom. The van der Waals surface area contributed by atoms with Crippen LogP contribution in [0.4, 0.5) is 11.6 Å². The van der Waals surface area contributed by atoms with Crippen LogP contribution in [0, 0.1) is 0 Å². The number of carbonyl (C=O) groups is 1. The van der Waals surface area contributed by atoms with Gasteiger partial charge >= 0.3 is 0 Å². The van der Waals surface area contributed by atoms with Gasteiger partial charge in [-0.25, -0.2) is 4.98 Å². The molecule has 1 fully saturated rings. The standard InChI is InChI=1S/C9H14N4O5/c10-7-8(12-3-15)11-2-13(7)9-6(17)5(16)4(1-14)18-9/h2-6,9,14,16-17H,1,10H2,(H,12,15)/t4-,5-,6-,9-/m1/s1. The van der Waals surface area contributed by atoms with Gasteiger partial charge in [0, 0.05) is 0 Å². The molecule has 1 saturated heterocycles. The first-order valence-corrected chi connectivity index (χ1v) is 5.25. The topological polar surface area (TPSA) is 143 Å². The Morgan fingerprint density at radius 1 is 1.56 bits per heavy atom. The number of nitrogens with one attached hydrogen (secondary N) is 1. The lowest BCUT2D eigenvalue weighted by molar-refractivity contribution is -0.105. The smallest absolute Gasteiger partial charge is 0.212 e. The van der Waals surface area contributed by atoms with Gasteiger partial charge in [-0.05, 0) is 0 Å². The molecule has 6 N–H and O–H groups in total. The Hall–Kier alpha value is -1.68. The van der Waals surface area contributed by atoms with Crippen LogP contribution < -0.4 is 11.1 Å². The van der Waals surface area contributed by atoms with E-state index in [1.54, 1.807) is 0 Å². The van der Waals surface area contributed by atoms with Crippen molar-refractivity contribution in [3.8, 4) is 0 Å². The monoisotopic (exact) mass is 258 g/mol. The molecular formula is C9H14N4O5. The molecule has 9 nitrogen and oxygen atoms in total. The Bertz CT molecular complexity index is 437. The summed E-state index contributed by atoms with van der Waals surface area (Å²) >= 11 is 0. The van der Waals surface area contributed by atoms with Crippen LogP contribution in [0.25, 0.3) is 0 Å². The summed E-state index contributed by atoms with van der Waals surface area (Å²) in [6.07, 6.45) is -2.64. The second-order valence-electron chi connectivity index (χ2n) is 3.88. The number of carbonyl (C=O) groups excluding carboxylic acids is 1. The molecule has 1 aromatic rings. The van der Waals surface area contributed by atoms with E-state index in [9.17, 15) is 15.0 Å². The zero-order valence-electron chi connectivity index (χ0n) is 9.30. The van der Waals surface area contributed by atoms with Crippen LogP contribution in [0.5, 0.6) is 0 Å². The van der Waals surface area contributed by atoms with Crippen LogP contribution in [0.1, 0.15) is 6.23 Å². The molecule has 0 radical (unpaired) electrons. The van der Waals surface area contributed by atoms with Gasteiger partial charge in [0.25, 0.3) is 0 Å². The molecule has 0 spiro atoms. The summed E-state index contributed by atoms with van der Waals surface area (Å²) in [5, 5.41) is 30.7. The zero-order valence-corrected chi connectivity index (χ0v) is 9.30. The van der Waals surface area contributed by atoms with E-state index in [-0.39, 0.29) is 11.6 Å². The number of imidazole rings is 1. The molecule has 4 atom stereocenters. The molecule has 1 aromatic heterocycles. The normalized spacial score (nSPS) is 31.5. The molecule has 0 unspecified atom stereocenters. The summed E-state index contributed by atoms with van der Waals surface area (Å²) in [5.74, 6) is 0.208. The highest BCUT2D eigenvalue weighted by molar-refractivity contribution is 5.75. The van der Waals surface area contributed by atoms with Gasteiger partial charge in [0.1, 0.15) is 24.6 Å². The maximum atomic E-state index is 10.3. The quantitative estimate of drug-likeness (QED) is 0.380. The zero-order chi connectivity index (χ0) is 13.3. The maximum Gasteiger partial charge on any atom is 0.212 e. The number of rotatable bonds is 4. The summed E-state index contributed by atoms with van der Waals surface area (Å²) in [6.45, 7) is -0.428.